The van der Waals surface area contributed by atoms with Crippen LogP contribution in [0.5, 0.6) is 0 Å². The molecule has 18 heavy (non-hydrogen) atoms. The Morgan fingerprint density at radius 2 is 1.83 bits per heavy atom. The Kier molecular flexibility index (Phi) is 4.65. The smallest absolute Gasteiger partial charge is 0.0412 e. The second-order valence-electron chi connectivity index (χ2n) is 5.76. The van der Waals surface area contributed by atoms with E-state index in [4.69, 9.17) is 0 Å². The fourth-order valence-electron chi connectivity index (χ4n) is 3.09. The van der Waals surface area contributed by atoms with Gasteiger partial charge in [-0.25, -0.2) is 0 Å². The summed E-state index contributed by atoms with van der Waals surface area (Å²) >= 11 is 0. The predicted molar refractivity (Wildman–Crippen MR) is 79.0 cm³/mol. The molecule has 0 saturated carbocycles. The fraction of sp³-hybridized carbons (Fsp3) is 0.625. The summed E-state index contributed by atoms with van der Waals surface area (Å²) in [5.41, 5.74) is 2.86. The van der Waals surface area contributed by atoms with Gasteiger partial charge in [0.1, 0.15) is 0 Å². The molecule has 2 rings (SSSR count). The van der Waals surface area contributed by atoms with Gasteiger partial charge in [-0.3, -0.25) is 0 Å². The average Bonchev–Trinajstić information content (AvgIpc) is 2.35. The van der Waals surface area contributed by atoms with Crippen molar-refractivity contribution in [2.45, 2.75) is 33.7 Å². The molecular formula is C16H26N2. The zero-order valence-electron chi connectivity index (χ0n) is 11.9. The third-order valence-electron chi connectivity index (χ3n) is 3.77. The van der Waals surface area contributed by atoms with Gasteiger partial charge in [-0.05, 0) is 36.4 Å². The third-order valence-corrected chi connectivity index (χ3v) is 3.77. The lowest BCUT2D eigenvalue weighted by Gasteiger charge is -2.37. The number of para-hydroxylation sites is 1. The van der Waals surface area contributed by atoms with Crippen LogP contribution in [-0.4, -0.2) is 19.6 Å². The van der Waals surface area contributed by atoms with Crippen LogP contribution in [0.15, 0.2) is 24.3 Å². The first-order chi connectivity index (χ1) is 8.70. The summed E-state index contributed by atoms with van der Waals surface area (Å²) in [7, 11) is 0. The summed E-state index contributed by atoms with van der Waals surface area (Å²) in [4.78, 5) is 2.57. The van der Waals surface area contributed by atoms with E-state index in [2.05, 4.69) is 55.3 Å². The van der Waals surface area contributed by atoms with E-state index in [0.29, 0.717) is 0 Å². The molecule has 2 nitrogen and oxygen atoms in total. The number of nitrogens with zero attached hydrogens (tertiary/aromatic N) is 1. The van der Waals surface area contributed by atoms with Crippen LogP contribution in [0, 0.1) is 11.8 Å². The monoisotopic (exact) mass is 246 g/mol. The predicted octanol–water partition coefficient (Wildman–Crippen LogP) is 3.28. The number of nitrogens with one attached hydrogen (secondary N) is 1. The van der Waals surface area contributed by atoms with Crippen molar-refractivity contribution in [2.24, 2.45) is 11.8 Å². The molecule has 1 aromatic carbocycles. The molecule has 1 aliphatic rings. The van der Waals surface area contributed by atoms with Gasteiger partial charge in [0.25, 0.3) is 0 Å². The molecule has 2 atom stereocenters. The molecule has 0 bridgehead atoms. The van der Waals surface area contributed by atoms with Crippen molar-refractivity contribution in [3.8, 4) is 0 Å². The molecule has 100 valence electrons. The number of benzene rings is 1. The van der Waals surface area contributed by atoms with Crippen LogP contribution in [-0.2, 0) is 6.54 Å². The average molecular weight is 246 g/mol. The highest BCUT2D eigenvalue weighted by molar-refractivity contribution is 5.54. The zero-order valence-corrected chi connectivity index (χ0v) is 11.9. The minimum atomic E-state index is 0.806. The maximum absolute atomic E-state index is 3.44. The van der Waals surface area contributed by atoms with Crippen molar-refractivity contribution < 1.29 is 0 Å². The summed E-state index contributed by atoms with van der Waals surface area (Å²) in [6, 6.07) is 8.83. The standard InChI is InChI=1S/C16H26N2/c1-4-17-10-15-7-5-6-8-16(15)18-11-13(2)9-14(3)12-18/h5-8,13-14,17H,4,9-12H2,1-3H3. The maximum Gasteiger partial charge on any atom is 0.0412 e. The van der Waals surface area contributed by atoms with E-state index in [1.165, 1.54) is 30.8 Å². The molecule has 2 heteroatoms. The molecule has 0 spiro atoms. The number of rotatable bonds is 4. The van der Waals surface area contributed by atoms with Gasteiger partial charge in [0.2, 0.25) is 0 Å². The van der Waals surface area contributed by atoms with Crippen molar-refractivity contribution in [1.82, 2.24) is 5.32 Å². The Morgan fingerprint density at radius 1 is 1.17 bits per heavy atom. The van der Waals surface area contributed by atoms with Gasteiger partial charge >= 0.3 is 0 Å². The molecule has 0 aromatic heterocycles. The molecular weight excluding hydrogens is 220 g/mol. The lowest BCUT2D eigenvalue weighted by Crippen LogP contribution is -2.39. The Bertz CT molecular complexity index is 365. The van der Waals surface area contributed by atoms with Crippen LogP contribution < -0.4 is 10.2 Å². The molecule has 2 unspecified atom stereocenters. The molecule has 1 aromatic rings. The number of piperidine rings is 1. The number of anilines is 1. The second-order valence-corrected chi connectivity index (χ2v) is 5.76. The highest BCUT2D eigenvalue weighted by Crippen LogP contribution is 2.28. The van der Waals surface area contributed by atoms with Crippen molar-refractivity contribution in [1.29, 1.82) is 0 Å². The number of hydrogen-bond acceptors (Lipinski definition) is 2. The van der Waals surface area contributed by atoms with Gasteiger partial charge in [0.15, 0.2) is 0 Å². The Balaban J connectivity index is 2.15. The molecule has 0 aliphatic carbocycles. The van der Waals surface area contributed by atoms with E-state index in [-0.39, 0.29) is 0 Å². The van der Waals surface area contributed by atoms with E-state index in [0.717, 1.165) is 24.9 Å². The molecule has 1 fully saturated rings. The van der Waals surface area contributed by atoms with E-state index < -0.39 is 0 Å². The van der Waals surface area contributed by atoms with Gasteiger partial charge < -0.3 is 10.2 Å². The summed E-state index contributed by atoms with van der Waals surface area (Å²) in [5, 5.41) is 3.44. The first-order valence-corrected chi connectivity index (χ1v) is 7.24. The van der Waals surface area contributed by atoms with Crippen molar-refractivity contribution in [2.75, 3.05) is 24.5 Å². The van der Waals surface area contributed by atoms with Crippen molar-refractivity contribution in [3.05, 3.63) is 29.8 Å². The van der Waals surface area contributed by atoms with E-state index in [1.54, 1.807) is 0 Å². The van der Waals surface area contributed by atoms with Gasteiger partial charge in [0, 0.05) is 25.3 Å². The molecule has 0 amide bonds. The minimum Gasteiger partial charge on any atom is -0.371 e. The van der Waals surface area contributed by atoms with Crippen LogP contribution in [0.4, 0.5) is 5.69 Å². The topological polar surface area (TPSA) is 15.3 Å². The van der Waals surface area contributed by atoms with Crippen LogP contribution >= 0.6 is 0 Å². The summed E-state index contributed by atoms with van der Waals surface area (Å²) < 4.78 is 0. The first-order valence-electron chi connectivity index (χ1n) is 7.24. The van der Waals surface area contributed by atoms with Crippen LogP contribution in [0.25, 0.3) is 0 Å². The fourth-order valence-corrected chi connectivity index (χ4v) is 3.09. The Morgan fingerprint density at radius 3 is 2.50 bits per heavy atom. The van der Waals surface area contributed by atoms with Crippen LogP contribution in [0.1, 0.15) is 32.8 Å². The maximum atomic E-state index is 3.44. The van der Waals surface area contributed by atoms with Gasteiger partial charge in [-0.1, -0.05) is 39.0 Å². The van der Waals surface area contributed by atoms with Gasteiger partial charge in [-0.2, -0.15) is 0 Å². The van der Waals surface area contributed by atoms with Gasteiger partial charge in [-0.15, -0.1) is 0 Å². The lowest BCUT2D eigenvalue weighted by atomic mass is 9.91. The van der Waals surface area contributed by atoms with Crippen LogP contribution in [0.2, 0.25) is 0 Å². The highest BCUT2D eigenvalue weighted by atomic mass is 15.1. The largest absolute Gasteiger partial charge is 0.371 e. The zero-order chi connectivity index (χ0) is 13.0. The number of hydrogen-bond donors (Lipinski definition) is 1. The third kappa shape index (κ3) is 3.26. The molecule has 0 radical (unpaired) electrons. The Hall–Kier alpha value is -1.02. The summed E-state index contributed by atoms with van der Waals surface area (Å²) in [6.45, 7) is 11.3. The highest BCUT2D eigenvalue weighted by Gasteiger charge is 2.23. The Labute approximate surface area is 111 Å². The lowest BCUT2D eigenvalue weighted by molar-refractivity contribution is 0.356. The quantitative estimate of drug-likeness (QED) is 0.877. The minimum absolute atomic E-state index is 0.806. The first kappa shape index (κ1) is 13.4. The van der Waals surface area contributed by atoms with Crippen LogP contribution in [0.3, 0.4) is 0 Å². The SMILES string of the molecule is CCNCc1ccccc1N1CC(C)CC(C)C1. The van der Waals surface area contributed by atoms with E-state index in [1.807, 2.05) is 0 Å². The van der Waals surface area contributed by atoms with Gasteiger partial charge in [0.05, 0.1) is 0 Å². The normalized spacial score (nSPS) is 24.3. The molecule has 1 saturated heterocycles. The molecule has 1 N–H and O–H groups in total. The van der Waals surface area contributed by atoms with E-state index in [9.17, 15) is 0 Å². The van der Waals surface area contributed by atoms with Crippen molar-refractivity contribution in [3.63, 3.8) is 0 Å². The molecule has 1 aliphatic heterocycles. The summed E-state index contributed by atoms with van der Waals surface area (Å²) in [5.74, 6) is 1.61. The summed E-state index contributed by atoms with van der Waals surface area (Å²) in [6.07, 6.45) is 1.37. The van der Waals surface area contributed by atoms with Crippen molar-refractivity contribution >= 4 is 5.69 Å². The van der Waals surface area contributed by atoms with E-state index >= 15 is 0 Å². The molecule has 1 heterocycles. The second kappa shape index (κ2) is 6.24.